The first-order chi connectivity index (χ1) is 7.79. The van der Waals surface area contributed by atoms with Gasteiger partial charge in [-0.05, 0) is 27.7 Å². The summed E-state index contributed by atoms with van der Waals surface area (Å²) < 4.78 is 5.13. The van der Waals surface area contributed by atoms with Gasteiger partial charge >= 0.3 is 5.97 Å². The maximum Gasteiger partial charge on any atom is 0.328 e. The molecule has 1 aromatic heterocycles. The minimum Gasteiger partial charge on any atom is -0.458 e. The Hall–Kier alpha value is -1.85. The molecule has 1 unspecified atom stereocenters. The van der Waals surface area contributed by atoms with Crippen molar-refractivity contribution in [3.8, 4) is 0 Å². The van der Waals surface area contributed by atoms with Crippen LogP contribution in [0.3, 0.4) is 0 Å². The molecule has 0 aliphatic carbocycles. The largest absolute Gasteiger partial charge is 0.458 e. The van der Waals surface area contributed by atoms with Gasteiger partial charge in [0.05, 0.1) is 0 Å². The molecule has 1 amide bonds. The summed E-state index contributed by atoms with van der Waals surface area (Å²) in [7, 11) is 0. The van der Waals surface area contributed by atoms with Gasteiger partial charge in [-0.15, -0.1) is 0 Å². The molecule has 0 radical (unpaired) electrons. The maximum atomic E-state index is 11.6. The van der Waals surface area contributed by atoms with Crippen molar-refractivity contribution in [3.05, 3.63) is 18.2 Å². The third-order valence-electron chi connectivity index (χ3n) is 1.82. The van der Waals surface area contributed by atoms with Crippen LogP contribution >= 0.6 is 0 Å². The van der Waals surface area contributed by atoms with Crippen LogP contribution in [-0.4, -0.2) is 33.5 Å². The summed E-state index contributed by atoms with van der Waals surface area (Å²) >= 11 is 0. The van der Waals surface area contributed by atoms with E-state index in [4.69, 9.17) is 4.74 Å². The van der Waals surface area contributed by atoms with Gasteiger partial charge in [0.15, 0.2) is 5.82 Å². The highest BCUT2D eigenvalue weighted by Gasteiger charge is 2.23. The first-order valence-corrected chi connectivity index (χ1v) is 5.33. The average Bonchev–Trinajstić information content (AvgIpc) is 2.67. The van der Waals surface area contributed by atoms with Crippen molar-refractivity contribution in [2.24, 2.45) is 0 Å². The first-order valence-electron chi connectivity index (χ1n) is 5.33. The Balaban J connectivity index is 2.52. The second-order valence-corrected chi connectivity index (χ2v) is 4.67. The zero-order chi connectivity index (χ0) is 13.1. The standard InChI is InChI=1S/C11H17N3O3/c1-7(10(16)17-11(2,3)4)14-9(15)8-12-5-6-13-8/h5-7H,1-4H3,(H,12,13)(H,14,15). The number of ether oxygens (including phenoxy) is 1. The van der Waals surface area contributed by atoms with Gasteiger partial charge in [0.25, 0.3) is 5.91 Å². The number of aromatic amines is 1. The van der Waals surface area contributed by atoms with Crippen molar-refractivity contribution in [2.45, 2.75) is 39.3 Å². The normalized spacial score (nSPS) is 12.9. The van der Waals surface area contributed by atoms with Crippen LogP contribution in [0.25, 0.3) is 0 Å². The summed E-state index contributed by atoms with van der Waals surface area (Å²) in [4.78, 5) is 29.6. The van der Waals surface area contributed by atoms with E-state index in [-0.39, 0.29) is 5.82 Å². The summed E-state index contributed by atoms with van der Waals surface area (Å²) in [6.45, 7) is 6.87. The monoisotopic (exact) mass is 239 g/mol. The van der Waals surface area contributed by atoms with Crippen LogP contribution in [0.2, 0.25) is 0 Å². The van der Waals surface area contributed by atoms with E-state index >= 15 is 0 Å². The molecular formula is C11H17N3O3. The van der Waals surface area contributed by atoms with Gasteiger partial charge in [-0.1, -0.05) is 0 Å². The number of imidazole rings is 1. The molecular weight excluding hydrogens is 222 g/mol. The van der Waals surface area contributed by atoms with Crippen molar-refractivity contribution >= 4 is 11.9 Å². The zero-order valence-corrected chi connectivity index (χ0v) is 10.4. The molecule has 17 heavy (non-hydrogen) atoms. The number of carbonyl (C=O) groups excluding carboxylic acids is 2. The molecule has 0 fully saturated rings. The van der Waals surface area contributed by atoms with Gasteiger partial charge in [-0.25, -0.2) is 9.78 Å². The number of amides is 1. The number of hydrogen-bond acceptors (Lipinski definition) is 4. The minimum absolute atomic E-state index is 0.167. The lowest BCUT2D eigenvalue weighted by Gasteiger charge is -2.22. The predicted molar refractivity (Wildman–Crippen MR) is 61.4 cm³/mol. The summed E-state index contributed by atoms with van der Waals surface area (Å²) in [6.07, 6.45) is 3.00. The molecule has 6 nitrogen and oxygen atoms in total. The Morgan fingerprint density at radius 2 is 2.12 bits per heavy atom. The number of carbonyl (C=O) groups is 2. The Bertz CT molecular complexity index is 393. The van der Waals surface area contributed by atoms with E-state index in [2.05, 4.69) is 15.3 Å². The fourth-order valence-corrected chi connectivity index (χ4v) is 1.10. The van der Waals surface area contributed by atoms with E-state index in [1.54, 1.807) is 27.7 Å². The molecule has 0 aliphatic rings. The van der Waals surface area contributed by atoms with E-state index in [0.717, 1.165) is 0 Å². The van der Waals surface area contributed by atoms with Gasteiger partial charge in [-0.2, -0.15) is 0 Å². The predicted octanol–water partition coefficient (Wildman–Crippen LogP) is 0.870. The molecule has 1 rings (SSSR count). The number of aromatic nitrogens is 2. The van der Waals surface area contributed by atoms with Gasteiger partial charge in [-0.3, -0.25) is 4.79 Å². The quantitative estimate of drug-likeness (QED) is 0.766. The van der Waals surface area contributed by atoms with Crippen molar-refractivity contribution in [1.82, 2.24) is 15.3 Å². The summed E-state index contributed by atoms with van der Waals surface area (Å²) in [5, 5.41) is 2.50. The zero-order valence-electron chi connectivity index (χ0n) is 10.4. The molecule has 2 N–H and O–H groups in total. The summed E-state index contributed by atoms with van der Waals surface area (Å²) in [6, 6.07) is -0.716. The van der Waals surface area contributed by atoms with Crippen LogP contribution in [0.5, 0.6) is 0 Å². The fraction of sp³-hybridized carbons (Fsp3) is 0.545. The third kappa shape index (κ3) is 4.26. The molecule has 94 valence electrons. The maximum absolute atomic E-state index is 11.6. The van der Waals surface area contributed by atoms with E-state index in [1.165, 1.54) is 12.4 Å². The van der Waals surface area contributed by atoms with Crippen molar-refractivity contribution < 1.29 is 14.3 Å². The van der Waals surface area contributed by atoms with Crippen LogP contribution in [0.15, 0.2) is 12.4 Å². The number of nitrogens with one attached hydrogen (secondary N) is 2. The van der Waals surface area contributed by atoms with E-state index < -0.39 is 23.5 Å². The molecule has 0 aromatic carbocycles. The second kappa shape index (κ2) is 4.99. The highest BCUT2D eigenvalue weighted by molar-refractivity contribution is 5.93. The summed E-state index contributed by atoms with van der Waals surface area (Å²) in [5.74, 6) is -0.744. The molecule has 0 saturated carbocycles. The topological polar surface area (TPSA) is 84.1 Å². The van der Waals surface area contributed by atoms with Crippen molar-refractivity contribution in [3.63, 3.8) is 0 Å². The molecule has 0 bridgehead atoms. The fourth-order valence-electron chi connectivity index (χ4n) is 1.10. The van der Waals surface area contributed by atoms with Gasteiger partial charge in [0.2, 0.25) is 0 Å². The Morgan fingerprint density at radius 1 is 1.47 bits per heavy atom. The lowest BCUT2D eigenvalue weighted by Crippen LogP contribution is -2.42. The van der Waals surface area contributed by atoms with Crippen LogP contribution in [-0.2, 0) is 9.53 Å². The SMILES string of the molecule is CC(NC(=O)c1ncc[nH]1)C(=O)OC(C)(C)C. The highest BCUT2D eigenvalue weighted by atomic mass is 16.6. The molecule has 6 heteroatoms. The number of rotatable bonds is 3. The van der Waals surface area contributed by atoms with Crippen molar-refractivity contribution in [1.29, 1.82) is 0 Å². The highest BCUT2D eigenvalue weighted by Crippen LogP contribution is 2.08. The lowest BCUT2D eigenvalue weighted by atomic mass is 10.2. The van der Waals surface area contributed by atoms with Gasteiger partial charge in [0.1, 0.15) is 11.6 Å². The Kier molecular flexibility index (Phi) is 3.88. The first kappa shape index (κ1) is 13.2. The number of esters is 1. The van der Waals surface area contributed by atoms with E-state index in [1.807, 2.05) is 0 Å². The molecule has 1 aromatic rings. The number of hydrogen-bond donors (Lipinski definition) is 2. The van der Waals surface area contributed by atoms with E-state index in [9.17, 15) is 9.59 Å². The average molecular weight is 239 g/mol. The lowest BCUT2D eigenvalue weighted by molar-refractivity contribution is -0.156. The van der Waals surface area contributed by atoms with Crippen molar-refractivity contribution in [2.75, 3.05) is 0 Å². The van der Waals surface area contributed by atoms with Crippen LogP contribution in [0, 0.1) is 0 Å². The molecule has 1 heterocycles. The van der Waals surface area contributed by atoms with Gasteiger partial charge in [0, 0.05) is 12.4 Å². The summed E-state index contributed by atoms with van der Waals surface area (Å²) in [5.41, 5.74) is -0.569. The van der Waals surface area contributed by atoms with Crippen LogP contribution < -0.4 is 5.32 Å². The van der Waals surface area contributed by atoms with Gasteiger partial charge < -0.3 is 15.0 Å². The number of H-pyrrole nitrogens is 1. The van der Waals surface area contributed by atoms with Crippen LogP contribution in [0.4, 0.5) is 0 Å². The molecule has 0 spiro atoms. The molecule has 0 saturated heterocycles. The Labute approximate surface area is 99.8 Å². The molecule has 0 aliphatic heterocycles. The smallest absolute Gasteiger partial charge is 0.328 e. The Morgan fingerprint density at radius 3 is 2.59 bits per heavy atom. The second-order valence-electron chi connectivity index (χ2n) is 4.67. The van der Waals surface area contributed by atoms with Crippen LogP contribution in [0.1, 0.15) is 38.3 Å². The third-order valence-corrected chi connectivity index (χ3v) is 1.82. The molecule has 1 atom stereocenters. The van der Waals surface area contributed by atoms with E-state index in [0.29, 0.717) is 0 Å². The minimum atomic E-state index is -0.716. The number of nitrogens with zero attached hydrogens (tertiary/aromatic N) is 1.